The van der Waals surface area contributed by atoms with Crippen molar-refractivity contribution in [2.75, 3.05) is 13.2 Å². The molecule has 23 heavy (non-hydrogen) atoms. The third-order valence-corrected chi connectivity index (χ3v) is 3.24. The van der Waals surface area contributed by atoms with E-state index < -0.39 is 0 Å². The van der Waals surface area contributed by atoms with Crippen molar-refractivity contribution in [1.29, 1.82) is 0 Å². The predicted molar refractivity (Wildman–Crippen MR) is 87.3 cm³/mol. The van der Waals surface area contributed by atoms with E-state index in [0.29, 0.717) is 31.4 Å². The van der Waals surface area contributed by atoms with Crippen molar-refractivity contribution in [2.45, 2.75) is 6.61 Å². The summed E-state index contributed by atoms with van der Waals surface area (Å²) in [6.45, 7) is 1.40. The molecule has 0 saturated carbocycles. The molecule has 0 spiro atoms. The van der Waals surface area contributed by atoms with Gasteiger partial charge < -0.3 is 19.7 Å². The van der Waals surface area contributed by atoms with Crippen molar-refractivity contribution < 1.29 is 14.0 Å². The van der Waals surface area contributed by atoms with Crippen molar-refractivity contribution in [3.8, 4) is 23.0 Å². The summed E-state index contributed by atoms with van der Waals surface area (Å²) in [5.74, 6) is 1.89. The number of benzene rings is 2. The molecule has 1 heterocycles. The Kier molecular flexibility index (Phi) is 4.91. The Morgan fingerprint density at radius 3 is 2.48 bits per heavy atom. The molecule has 0 atom stereocenters. The molecule has 0 aliphatic carbocycles. The van der Waals surface area contributed by atoms with E-state index in [1.54, 1.807) is 6.07 Å². The van der Waals surface area contributed by atoms with Crippen LogP contribution in [0.1, 0.15) is 5.56 Å². The van der Waals surface area contributed by atoms with Gasteiger partial charge in [0.15, 0.2) is 5.76 Å². The van der Waals surface area contributed by atoms with Crippen molar-refractivity contribution in [1.82, 2.24) is 5.16 Å². The average molecular weight is 310 g/mol. The number of aromatic nitrogens is 1. The lowest BCUT2D eigenvalue weighted by Crippen LogP contribution is -2.10. The van der Waals surface area contributed by atoms with E-state index in [0.717, 1.165) is 16.9 Å². The van der Waals surface area contributed by atoms with E-state index in [-0.39, 0.29) is 0 Å². The maximum Gasteiger partial charge on any atom is 0.254 e. The van der Waals surface area contributed by atoms with Gasteiger partial charge in [0, 0.05) is 18.2 Å². The predicted octanol–water partition coefficient (Wildman–Crippen LogP) is 3.26. The van der Waals surface area contributed by atoms with Crippen molar-refractivity contribution in [3.05, 3.63) is 66.2 Å². The van der Waals surface area contributed by atoms with Gasteiger partial charge in [0.25, 0.3) is 5.88 Å². The third kappa shape index (κ3) is 4.11. The molecule has 0 unspecified atom stereocenters. The summed E-state index contributed by atoms with van der Waals surface area (Å²) in [6.07, 6.45) is 0. The summed E-state index contributed by atoms with van der Waals surface area (Å²) in [7, 11) is 0. The molecule has 0 bridgehead atoms. The van der Waals surface area contributed by atoms with Gasteiger partial charge >= 0.3 is 0 Å². The van der Waals surface area contributed by atoms with Gasteiger partial charge in [-0.1, -0.05) is 30.3 Å². The Bertz CT molecular complexity index is 724. The van der Waals surface area contributed by atoms with Crippen LogP contribution < -0.4 is 15.2 Å². The van der Waals surface area contributed by atoms with E-state index >= 15 is 0 Å². The van der Waals surface area contributed by atoms with Gasteiger partial charge in [0.1, 0.15) is 19.0 Å². The fourth-order valence-electron chi connectivity index (χ4n) is 2.08. The van der Waals surface area contributed by atoms with Crippen LogP contribution in [0, 0.1) is 0 Å². The van der Waals surface area contributed by atoms with Crippen LogP contribution in [0.2, 0.25) is 0 Å². The first-order valence-corrected chi connectivity index (χ1v) is 7.42. The highest BCUT2D eigenvalue weighted by Crippen LogP contribution is 2.25. The Morgan fingerprint density at radius 2 is 1.74 bits per heavy atom. The van der Waals surface area contributed by atoms with Gasteiger partial charge in [-0.15, -0.1) is 0 Å². The number of nitrogens with zero attached hydrogens (tertiary/aromatic N) is 1. The van der Waals surface area contributed by atoms with Crippen LogP contribution in [0.3, 0.4) is 0 Å². The summed E-state index contributed by atoms with van der Waals surface area (Å²) < 4.78 is 16.3. The number of hydrogen-bond donors (Lipinski definition) is 1. The van der Waals surface area contributed by atoms with Crippen LogP contribution in [0.15, 0.2) is 65.2 Å². The lowest BCUT2D eigenvalue weighted by Gasteiger charge is -2.06. The smallest absolute Gasteiger partial charge is 0.254 e. The Labute approximate surface area is 134 Å². The molecule has 5 nitrogen and oxygen atoms in total. The molecule has 3 rings (SSSR count). The van der Waals surface area contributed by atoms with E-state index in [4.69, 9.17) is 19.7 Å². The van der Waals surface area contributed by atoms with E-state index in [1.807, 2.05) is 54.6 Å². The first-order valence-electron chi connectivity index (χ1n) is 7.42. The van der Waals surface area contributed by atoms with Crippen molar-refractivity contribution in [3.63, 3.8) is 0 Å². The monoisotopic (exact) mass is 310 g/mol. The molecular formula is C18H18N2O3. The summed E-state index contributed by atoms with van der Waals surface area (Å²) in [4.78, 5) is 0. The Balaban J connectivity index is 1.61. The molecule has 1 aromatic heterocycles. The normalized spacial score (nSPS) is 10.5. The van der Waals surface area contributed by atoms with Gasteiger partial charge in [-0.25, -0.2) is 0 Å². The van der Waals surface area contributed by atoms with Gasteiger partial charge in [-0.3, -0.25) is 0 Å². The zero-order valence-corrected chi connectivity index (χ0v) is 12.6. The zero-order chi connectivity index (χ0) is 15.9. The quantitative estimate of drug-likeness (QED) is 0.725. The van der Waals surface area contributed by atoms with E-state index in [2.05, 4.69) is 5.16 Å². The number of rotatable bonds is 7. The third-order valence-electron chi connectivity index (χ3n) is 3.24. The molecule has 0 fully saturated rings. The summed E-state index contributed by atoms with van der Waals surface area (Å²) >= 11 is 0. The topological polar surface area (TPSA) is 70.5 Å². The van der Waals surface area contributed by atoms with Crippen LogP contribution in [0.5, 0.6) is 11.6 Å². The Hall–Kier alpha value is -2.79. The fourth-order valence-corrected chi connectivity index (χ4v) is 2.08. The van der Waals surface area contributed by atoms with Crippen LogP contribution >= 0.6 is 0 Å². The first kappa shape index (κ1) is 15.1. The highest BCUT2D eigenvalue weighted by atomic mass is 16.5. The molecule has 0 radical (unpaired) electrons. The molecule has 0 aliphatic heterocycles. The molecule has 0 aliphatic rings. The summed E-state index contributed by atoms with van der Waals surface area (Å²) in [5, 5.41) is 3.84. The zero-order valence-electron chi connectivity index (χ0n) is 12.6. The maximum atomic E-state index is 5.76. The van der Waals surface area contributed by atoms with Crippen LogP contribution in [-0.4, -0.2) is 18.3 Å². The minimum absolute atomic E-state index is 0.415. The number of ether oxygens (including phenoxy) is 2. The highest BCUT2D eigenvalue weighted by Gasteiger charge is 2.07. The van der Waals surface area contributed by atoms with Gasteiger partial charge in [-0.05, 0) is 35.0 Å². The standard InChI is InChI=1S/C18H18N2O3/c19-10-11-21-18-12-17(23-20-18)15-6-8-16(9-7-15)22-13-14-4-2-1-3-5-14/h1-9,12H,10-11,13,19H2. The lowest BCUT2D eigenvalue weighted by atomic mass is 10.1. The second kappa shape index (κ2) is 7.47. The number of nitrogens with two attached hydrogens (primary N) is 1. The largest absolute Gasteiger partial charge is 0.489 e. The van der Waals surface area contributed by atoms with Crippen LogP contribution in [0.25, 0.3) is 11.3 Å². The second-order valence-corrected chi connectivity index (χ2v) is 4.97. The van der Waals surface area contributed by atoms with Crippen LogP contribution in [-0.2, 0) is 6.61 Å². The van der Waals surface area contributed by atoms with Gasteiger partial charge in [-0.2, -0.15) is 0 Å². The maximum absolute atomic E-state index is 5.76. The molecule has 2 N–H and O–H groups in total. The molecule has 0 saturated heterocycles. The van der Waals surface area contributed by atoms with Gasteiger partial charge in [0.05, 0.1) is 0 Å². The lowest BCUT2D eigenvalue weighted by molar-refractivity contribution is 0.288. The minimum atomic E-state index is 0.415. The molecule has 0 amide bonds. The molecule has 118 valence electrons. The SMILES string of the molecule is NCCOc1cc(-c2ccc(OCc3ccccc3)cc2)on1. The van der Waals surface area contributed by atoms with Gasteiger partial charge in [0.2, 0.25) is 0 Å². The fraction of sp³-hybridized carbons (Fsp3) is 0.167. The van der Waals surface area contributed by atoms with Crippen molar-refractivity contribution >= 4 is 0 Å². The molecule has 2 aromatic carbocycles. The van der Waals surface area contributed by atoms with E-state index in [1.165, 1.54) is 0 Å². The number of hydrogen-bond acceptors (Lipinski definition) is 5. The molecule has 3 aromatic rings. The second-order valence-electron chi connectivity index (χ2n) is 4.97. The Morgan fingerprint density at radius 1 is 0.957 bits per heavy atom. The first-order chi connectivity index (χ1) is 11.3. The van der Waals surface area contributed by atoms with E-state index in [9.17, 15) is 0 Å². The van der Waals surface area contributed by atoms with Crippen LogP contribution in [0.4, 0.5) is 0 Å². The minimum Gasteiger partial charge on any atom is -0.489 e. The molecular weight excluding hydrogens is 292 g/mol. The summed E-state index contributed by atoms with van der Waals surface area (Å²) in [5.41, 5.74) is 7.43. The molecule has 5 heteroatoms. The van der Waals surface area contributed by atoms with Crippen molar-refractivity contribution in [2.24, 2.45) is 5.73 Å². The summed E-state index contributed by atoms with van der Waals surface area (Å²) in [6, 6.07) is 19.4. The average Bonchev–Trinajstić information content (AvgIpc) is 3.08. The highest BCUT2D eigenvalue weighted by molar-refractivity contribution is 5.59.